The standard InChI is InChI=1S/C16H18N4/c1-11-9-16(20-15(18-11)7-8-17-20)19-14-6-5-12-3-2-4-13(12)10-14/h2,4,7-9,14,19H,3,5-6,10H2,1H3. The molecule has 2 aliphatic carbocycles. The number of fused-ring (bicyclic) bond motifs is 1. The van der Waals surface area contributed by atoms with Crippen LogP contribution in [0.4, 0.5) is 5.82 Å². The topological polar surface area (TPSA) is 42.2 Å². The van der Waals surface area contributed by atoms with Crippen LogP contribution in [0.1, 0.15) is 31.4 Å². The van der Waals surface area contributed by atoms with Gasteiger partial charge in [-0.2, -0.15) is 9.61 Å². The number of allylic oxidation sites excluding steroid dienone is 3. The van der Waals surface area contributed by atoms with Gasteiger partial charge in [0, 0.05) is 23.9 Å². The van der Waals surface area contributed by atoms with Gasteiger partial charge in [0.25, 0.3) is 0 Å². The highest BCUT2D eigenvalue weighted by Crippen LogP contribution is 2.33. The van der Waals surface area contributed by atoms with Crippen LogP contribution in [-0.2, 0) is 0 Å². The van der Waals surface area contributed by atoms with Crippen LogP contribution in [0.3, 0.4) is 0 Å². The lowest BCUT2D eigenvalue weighted by Crippen LogP contribution is -2.24. The number of nitrogens with zero attached hydrogens (tertiary/aromatic N) is 3. The van der Waals surface area contributed by atoms with Crippen molar-refractivity contribution in [1.82, 2.24) is 14.6 Å². The lowest BCUT2D eigenvalue weighted by molar-refractivity contribution is 0.604. The molecule has 0 amide bonds. The molecule has 2 heterocycles. The maximum Gasteiger partial charge on any atom is 0.157 e. The van der Waals surface area contributed by atoms with E-state index in [0.29, 0.717) is 6.04 Å². The third-order valence-electron chi connectivity index (χ3n) is 4.24. The van der Waals surface area contributed by atoms with E-state index in [1.165, 1.54) is 24.8 Å². The molecular formula is C16H18N4. The summed E-state index contributed by atoms with van der Waals surface area (Å²) in [6.07, 6.45) is 11.1. The summed E-state index contributed by atoms with van der Waals surface area (Å²) in [6, 6.07) is 4.51. The highest BCUT2D eigenvalue weighted by Gasteiger charge is 2.22. The molecule has 2 aromatic rings. The van der Waals surface area contributed by atoms with Crippen molar-refractivity contribution < 1.29 is 0 Å². The minimum absolute atomic E-state index is 0.491. The van der Waals surface area contributed by atoms with E-state index in [2.05, 4.69) is 33.6 Å². The molecule has 20 heavy (non-hydrogen) atoms. The summed E-state index contributed by atoms with van der Waals surface area (Å²) in [5, 5.41) is 8.01. The molecule has 0 aliphatic heterocycles. The van der Waals surface area contributed by atoms with Gasteiger partial charge in [0.2, 0.25) is 0 Å². The molecule has 4 nitrogen and oxygen atoms in total. The highest BCUT2D eigenvalue weighted by molar-refractivity contribution is 5.50. The van der Waals surface area contributed by atoms with Crippen LogP contribution in [0.2, 0.25) is 0 Å². The fourth-order valence-corrected chi connectivity index (χ4v) is 3.26. The average molecular weight is 266 g/mol. The van der Waals surface area contributed by atoms with Gasteiger partial charge in [0.05, 0.1) is 6.20 Å². The predicted molar refractivity (Wildman–Crippen MR) is 79.8 cm³/mol. The molecule has 1 N–H and O–H groups in total. The molecule has 0 fully saturated rings. The number of rotatable bonds is 2. The average Bonchev–Trinajstić information content (AvgIpc) is 3.05. The Hall–Kier alpha value is -2.10. The minimum Gasteiger partial charge on any atom is -0.367 e. The van der Waals surface area contributed by atoms with E-state index >= 15 is 0 Å². The smallest absolute Gasteiger partial charge is 0.157 e. The molecule has 0 saturated heterocycles. The Bertz CT molecular complexity index is 723. The van der Waals surface area contributed by atoms with Crippen molar-refractivity contribution in [2.75, 3.05) is 5.32 Å². The van der Waals surface area contributed by atoms with Crippen LogP contribution in [0, 0.1) is 6.92 Å². The highest BCUT2D eigenvalue weighted by atomic mass is 15.3. The third kappa shape index (κ3) is 1.92. The Balaban J connectivity index is 1.62. The molecule has 102 valence electrons. The molecule has 2 aliphatic rings. The summed E-state index contributed by atoms with van der Waals surface area (Å²) in [5.74, 6) is 1.05. The largest absolute Gasteiger partial charge is 0.367 e. The van der Waals surface area contributed by atoms with E-state index < -0.39 is 0 Å². The first kappa shape index (κ1) is 11.7. The monoisotopic (exact) mass is 266 g/mol. The van der Waals surface area contributed by atoms with Crippen LogP contribution >= 0.6 is 0 Å². The Morgan fingerprint density at radius 1 is 1.40 bits per heavy atom. The zero-order valence-electron chi connectivity index (χ0n) is 11.6. The Labute approximate surface area is 118 Å². The molecule has 0 spiro atoms. The maximum absolute atomic E-state index is 4.48. The van der Waals surface area contributed by atoms with Crippen molar-refractivity contribution in [3.8, 4) is 0 Å². The van der Waals surface area contributed by atoms with Gasteiger partial charge in [0.1, 0.15) is 5.82 Å². The number of anilines is 1. The van der Waals surface area contributed by atoms with Crippen LogP contribution in [0.25, 0.3) is 5.65 Å². The number of hydrogen-bond donors (Lipinski definition) is 1. The fourth-order valence-electron chi connectivity index (χ4n) is 3.26. The van der Waals surface area contributed by atoms with Crippen LogP contribution in [0.15, 0.2) is 41.6 Å². The van der Waals surface area contributed by atoms with E-state index in [-0.39, 0.29) is 0 Å². The molecule has 0 bridgehead atoms. The first-order chi connectivity index (χ1) is 9.79. The maximum atomic E-state index is 4.48. The van der Waals surface area contributed by atoms with Gasteiger partial charge >= 0.3 is 0 Å². The number of aryl methyl sites for hydroxylation is 1. The van der Waals surface area contributed by atoms with Crippen LogP contribution in [0.5, 0.6) is 0 Å². The van der Waals surface area contributed by atoms with Gasteiger partial charge < -0.3 is 5.32 Å². The van der Waals surface area contributed by atoms with Gasteiger partial charge in [0.15, 0.2) is 5.65 Å². The van der Waals surface area contributed by atoms with Crippen LogP contribution < -0.4 is 5.32 Å². The summed E-state index contributed by atoms with van der Waals surface area (Å²) in [5.41, 5.74) is 5.11. The van der Waals surface area contributed by atoms with E-state index in [4.69, 9.17) is 0 Å². The normalized spacial score (nSPS) is 21.6. The van der Waals surface area contributed by atoms with Crippen molar-refractivity contribution in [2.45, 2.75) is 38.6 Å². The molecular weight excluding hydrogens is 248 g/mol. The van der Waals surface area contributed by atoms with Crippen molar-refractivity contribution in [1.29, 1.82) is 0 Å². The Morgan fingerprint density at radius 3 is 3.30 bits per heavy atom. The first-order valence-electron chi connectivity index (χ1n) is 7.25. The Kier molecular flexibility index (Phi) is 2.62. The van der Waals surface area contributed by atoms with E-state index in [9.17, 15) is 0 Å². The molecule has 0 aromatic carbocycles. The summed E-state index contributed by atoms with van der Waals surface area (Å²) in [7, 11) is 0. The number of hydrogen-bond acceptors (Lipinski definition) is 3. The van der Waals surface area contributed by atoms with Gasteiger partial charge in [-0.1, -0.05) is 17.7 Å². The summed E-state index contributed by atoms with van der Waals surface area (Å²) in [6.45, 7) is 2.03. The van der Waals surface area contributed by atoms with E-state index in [1.54, 1.807) is 11.8 Å². The first-order valence-corrected chi connectivity index (χ1v) is 7.25. The summed E-state index contributed by atoms with van der Waals surface area (Å²) >= 11 is 0. The van der Waals surface area contributed by atoms with Crippen molar-refractivity contribution in [3.05, 3.63) is 47.3 Å². The molecule has 0 saturated carbocycles. The predicted octanol–water partition coefficient (Wildman–Crippen LogP) is 3.26. The molecule has 1 unspecified atom stereocenters. The van der Waals surface area contributed by atoms with Gasteiger partial charge in [-0.3, -0.25) is 0 Å². The zero-order valence-corrected chi connectivity index (χ0v) is 11.6. The summed E-state index contributed by atoms with van der Waals surface area (Å²) in [4.78, 5) is 4.48. The molecule has 2 aromatic heterocycles. The van der Waals surface area contributed by atoms with Gasteiger partial charge in [-0.05, 0) is 38.2 Å². The number of nitrogens with one attached hydrogen (secondary N) is 1. The lowest BCUT2D eigenvalue weighted by atomic mass is 9.90. The van der Waals surface area contributed by atoms with E-state index in [1.807, 2.05) is 17.5 Å². The number of aromatic nitrogens is 3. The summed E-state index contributed by atoms with van der Waals surface area (Å²) < 4.78 is 1.89. The van der Waals surface area contributed by atoms with E-state index in [0.717, 1.165) is 23.6 Å². The van der Waals surface area contributed by atoms with Crippen molar-refractivity contribution in [2.24, 2.45) is 0 Å². The SMILES string of the molecule is Cc1cc(NC2CCC3=C(C=CC3)C2)n2nccc2n1. The van der Waals surface area contributed by atoms with Crippen LogP contribution in [-0.4, -0.2) is 20.6 Å². The molecule has 0 radical (unpaired) electrons. The van der Waals surface area contributed by atoms with Gasteiger partial charge in [-0.25, -0.2) is 4.98 Å². The Morgan fingerprint density at radius 2 is 2.35 bits per heavy atom. The molecule has 4 heteroatoms. The molecule has 1 atom stereocenters. The quantitative estimate of drug-likeness (QED) is 0.907. The van der Waals surface area contributed by atoms with Crippen molar-refractivity contribution in [3.63, 3.8) is 0 Å². The van der Waals surface area contributed by atoms with Crippen molar-refractivity contribution >= 4 is 11.5 Å². The second-order valence-corrected chi connectivity index (χ2v) is 5.70. The zero-order chi connectivity index (χ0) is 13.5. The second kappa shape index (κ2) is 4.47. The second-order valence-electron chi connectivity index (χ2n) is 5.70. The minimum atomic E-state index is 0.491. The fraction of sp³-hybridized carbons (Fsp3) is 0.375. The third-order valence-corrected chi connectivity index (χ3v) is 4.24. The lowest BCUT2D eigenvalue weighted by Gasteiger charge is -2.26. The molecule has 4 rings (SSSR count). The van der Waals surface area contributed by atoms with Gasteiger partial charge in [-0.15, -0.1) is 0 Å².